The van der Waals surface area contributed by atoms with E-state index in [2.05, 4.69) is 27.6 Å². The van der Waals surface area contributed by atoms with Crippen molar-refractivity contribution in [3.8, 4) is 0 Å². The Morgan fingerprint density at radius 1 is 1.25 bits per heavy atom. The number of nitrogens with one attached hydrogen (secondary N) is 1. The number of pyridine rings is 1. The maximum atomic E-state index is 5.74. The first-order valence-electron chi connectivity index (χ1n) is 6.50. The highest BCUT2D eigenvalue weighted by Crippen LogP contribution is 2.25. The van der Waals surface area contributed by atoms with Crippen LogP contribution in [-0.4, -0.2) is 14.8 Å². The van der Waals surface area contributed by atoms with Gasteiger partial charge in [-0.25, -0.2) is 5.43 Å². The van der Waals surface area contributed by atoms with Crippen LogP contribution < -0.4 is 11.3 Å². The zero-order valence-corrected chi connectivity index (χ0v) is 11.5. The first-order valence-corrected chi connectivity index (χ1v) is 6.50. The number of aromatic nitrogens is 3. The van der Waals surface area contributed by atoms with Crippen LogP contribution in [0.15, 0.2) is 42.7 Å². The van der Waals surface area contributed by atoms with Gasteiger partial charge in [-0.3, -0.25) is 15.5 Å². The SMILES string of the molecule is Cc1c(C(NN)c2cnc3ccccc3c2)cnn1C. The van der Waals surface area contributed by atoms with Crippen LogP contribution in [-0.2, 0) is 7.05 Å². The third-order valence-corrected chi connectivity index (χ3v) is 3.70. The van der Waals surface area contributed by atoms with Crippen LogP contribution >= 0.6 is 0 Å². The maximum Gasteiger partial charge on any atom is 0.0758 e. The Labute approximate surface area is 117 Å². The van der Waals surface area contributed by atoms with E-state index in [1.165, 1.54) is 0 Å². The van der Waals surface area contributed by atoms with Gasteiger partial charge in [-0.15, -0.1) is 0 Å². The van der Waals surface area contributed by atoms with Gasteiger partial charge in [0.15, 0.2) is 0 Å². The van der Waals surface area contributed by atoms with Gasteiger partial charge < -0.3 is 0 Å². The lowest BCUT2D eigenvalue weighted by Gasteiger charge is -2.16. The van der Waals surface area contributed by atoms with Crippen molar-refractivity contribution in [2.75, 3.05) is 0 Å². The van der Waals surface area contributed by atoms with Crippen molar-refractivity contribution in [3.63, 3.8) is 0 Å². The van der Waals surface area contributed by atoms with E-state index >= 15 is 0 Å². The Hall–Kier alpha value is -2.24. The van der Waals surface area contributed by atoms with Crippen molar-refractivity contribution in [2.45, 2.75) is 13.0 Å². The molecule has 5 nitrogen and oxygen atoms in total. The van der Waals surface area contributed by atoms with Gasteiger partial charge in [0.25, 0.3) is 0 Å². The number of hydrogen-bond acceptors (Lipinski definition) is 4. The fourth-order valence-corrected chi connectivity index (χ4v) is 2.41. The van der Waals surface area contributed by atoms with E-state index in [9.17, 15) is 0 Å². The van der Waals surface area contributed by atoms with E-state index in [1.54, 1.807) is 0 Å². The van der Waals surface area contributed by atoms with Crippen LogP contribution in [0.1, 0.15) is 22.9 Å². The van der Waals surface area contributed by atoms with Crippen molar-refractivity contribution in [2.24, 2.45) is 12.9 Å². The van der Waals surface area contributed by atoms with Crippen molar-refractivity contribution in [1.29, 1.82) is 0 Å². The number of nitrogens with two attached hydrogens (primary N) is 1. The van der Waals surface area contributed by atoms with Gasteiger partial charge in [-0.2, -0.15) is 5.10 Å². The normalized spacial score (nSPS) is 12.8. The minimum atomic E-state index is -0.110. The van der Waals surface area contributed by atoms with Crippen LogP contribution in [0.3, 0.4) is 0 Å². The lowest BCUT2D eigenvalue weighted by molar-refractivity contribution is 0.629. The minimum Gasteiger partial charge on any atom is -0.273 e. The molecule has 2 aromatic heterocycles. The Bertz CT molecular complexity index is 747. The predicted octanol–water partition coefficient (Wildman–Crippen LogP) is 1.83. The highest BCUT2D eigenvalue weighted by atomic mass is 15.3. The largest absolute Gasteiger partial charge is 0.273 e. The van der Waals surface area contributed by atoms with Crippen molar-refractivity contribution in [1.82, 2.24) is 20.2 Å². The quantitative estimate of drug-likeness (QED) is 0.561. The van der Waals surface area contributed by atoms with E-state index in [0.717, 1.165) is 27.7 Å². The Kier molecular flexibility index (Phi) is 3.22. The van der Waals surface area contributed by atoms with E-state index in [-0.39, 0.29) is 6.04 Å². The third-order valence-electron chi connectivity index (χ3n) is 3.70. The molecule has 5 heteroatoms. The average Bonchev–Trinajstić information content (AvgIpc) is 2.80. The summed E-state index contributed by atoms with van der Waals surface area (Å²) in [4.78, 5) is 4.49. The molecule has 1 aromatic carbocycles. The summed E-state index contributed by atoms with van der Waals surface area (Å²) in [5, 5.41) is 5.38. The van der Waals surface area contributed by atoms with Crippen LogP contribution in [0, 0.1) is 6.92 Å². The first-order chi connectivity index (χ1) is 9.70. The molecule has 0 saturated heterocycles. The molecule has 0 fully saturated rings. The first kappa shape index (κ1) is 12.8. The van der Waals surface area contributed by atoms with Gasteiger partial charge in [-0.05, 0) is 24.6 Å². The summed E-state index contributed by atoms with van der Waals surface area (Å²) in [6.07, 6.45) is 3.70. The molecule has 3 aromatic rings. The molecule has 0 bridgehead atoms. The van der Waals surface area contributed by atoms with Gasteiger partial charge in [0.2, 0.25) is 0 Å². The molecule has 0 saturated carbocycles. The maximum absolute atomic E-state index is 5.74. The standard InChI is InChI=1S/C15H17N5/c1-10-13(9-18-20(10)2)15(19-16)12-7-11-5-3-4-6-14(11)17-8-12/h3-9,15,19H,16H2,1-2H3. The number of hydrazine groups is 1. The lowest BCUT2D eigenvalue weighted by Crippen LogP contribution is -2.29. The summed E-state index contributed by atoms with van der Waals surface area (Å²) < 4.78 is 1.84. The molecule has 3 N–H and O–H groups in total. The molecular weight excluding hydrogens is 250 g/mol. The van der Waals surface area contributed by atoms with E-state index in [4.69, 9.17) is 5.84 Å². The Morgan fingerprint density at radius 3 is 2.75 bits per heavy atom. The average molecular weight is 267 g/mol. The summed E-state index contributed by atoms with van der Waals surface area (Å²) in [6, 6.07) is 10.0. The molecule has 0 radical (unpaired) electrons. The zero-order chi connectivity index (χ0) is 14.1. The molecule has 102 valence electrons. The number of rotatable bonds is 3. The van der Waals surface area contributed by atoms with E-state index in [1.807, 2.05) is 49.2 Å². The molecule has 0 aliphatic carbocycles. The Balaban J connectivity index is 2.09. The third kappa shape index (κ3) is 2.07. The Morgan fingerprint density at radius 2 is 2.05 bits per heavy atom. The number of benzene rings is 1. The summed E-state index contributed by atoms with van der Waals surface area (Å²) in [7, 11) is 1.92. The molecule has 2 heterocycles. The number of nitrogens with zero attached hydrogens (tertiary/aromatic N) is 3. The number of aryl methyl sites for hydroxylation is 1. The van der Waals surface area contributed by atoms with Gasteiger partial charge in [0.1, 0.15) is 0 Å². The molecule has 1 atom stereocenters. The highest BCUT2D eigenvalue weighted by Gasteiger charge is 2.18. The molecule has 0 aliphatic rings. The number of hydrogen-bond donors (Lipinski definition) is 2. The van der Waals surface area contributed by atoms with Crippen molar-refractivity contribution >= 4 is 10.9 Å². The molecule has 3 rings (SSSR count). The number of para-hydroxylation sites is 1. The molecule has 0 aliphatic heterocycles. The molecule has 0 spiro atoms. The van der Waals surface area contributed by atoms with Gasteiger partial charge in [0, 0.05) is 29.9 Å². The molecule has 0 amide bonds. The van der Waals surface area contributed by atoms with Crippen LogP contribution in [0.5, 0.6) is 0 Å². The van der Waals surface area contributed by atoms with Crippen molar-refractivity contribution in [3.05, 3.63) is 59.5 Å². The van der Waals surface area contributed by atoms with Gasteiger partial charge >= 0.3 is 0 Å². The summed E-state index contributed by atoms with van der Waals surface area (Å²) in [5.41, 5.74) is 7.02. The topological polar surface area (TPSA) is 68.8 Å². The fourth-order valence-electron chi connectivity index (χ4n) is 2.41. The molecule has 20 heavy (non-hydrogen) atoms. The predicted molar refractivity (Wildman–Crippen MR) is 78.9 cm³/mol. The monoisotopic (exact) mass is 267 g/mol. The van der Waals surface area contributed by atoms with Crippen LogP contribution in [0.4, 0.5) is 0 Å². The van der Waals surface area contributed by atoms with Crippen molar-refractivity contribution < 1.29 is 0 Å². The lowest BCUT2D eigenvalue weighted by atomic mass is 10.00. The van der Waals surface area contributed by atoms with E-state index < -0.39 is 0 Å². The molecular formula is C15H17N5. The van der Waals surface area contributed by atoms with Gasteiger partial charge in [0.05, 0.1) is 17.8 Å². The summed E-state index contributed by atoms with van der Waals surface area (Å²) in [6.45, 7) is 2.03. The fraction of sp³-hybridized carbons (Fsp3) is 0.200. The molecule has 1 unspecified atom stereocenters. The summed E-state index contributed by atoms with van der Waals surface area (Å²) >= 11 is 0. The van der Waals surface area contributed by atoms with Gasteiger partial charge in [-0.1, -0.05) is 18.2 Å². The second-order valence-corrected chi connectivity index (χ2v) is 4.87. The second kappa shape index (κ2) is 5.03. The second-order valence-electron chi connectivity index (χ2n) is 4.87. The highest BCUT2D eigenvalue weighted by molar-refractivity contribution is 5.79. The van der Waals surface area contributed by atoms with E-state index in [0.29, 0.717) is 0 Å². The smallest absolute Gasteiger partial charge is 0.0758 e. The summed E-state index contributed by atoms with van der Waals surface area (Å²) in [5.74, 6) is 5.74. The zero-order valence-electron chi connectivity index (χ0n) is 11.5. The van der Waals surface area contributed by atoms with Crippen LogP contribution in [0.25, 0.3) is 10.9 Å². The minimum absolute atomic E-state index is 0.110. The van der Waals surface area contributed by atoms with Crippen LogP contribution in [0.2, 0.25) is 0 Å². The number of fused-ring (bicyclic) bond motifs is 1.